The molecule has 0 saturated heterocycles. The maximum absolute atomic E-state index is 13.1. The number of thiophene rings is 1. The second kappa shape index (κ2) is 8.57. The molecule has 166 valence electrons. The van der Waals surface area contributed by atoms with Gasteiger partial charge in [-0.1, -0.05) is 53.7 Å². The lowest BCUT2D eigenvalue weighted by atomic mass is 10.0. The largest absolute Gasteiger partial charge is 0.309 e. The van der Waals surface area contributed by atoms with Crippen molar-refractivity contribution in [2.24, 2.45) is 0 Å². The number of fused-ring (bicyclic) bond motifs is 1. The van der Waals surface area contributed by atoms with E-state index in [1.54, 1.807) is 16.0 Å². The summed E-state index contributed by atoms with van der Waals surface area (Å²) in [6, 6.07) is 14.4. The third-order valence-electron chi connectivity index (χ3n) is 5.50. The van der Waals surface area contributed by atoms with Crippen LogP contribution in [-0.4, -0.2) is 30.2 Å². The Labute approximate surface area is 198 Å². The molecule has 0 amide bonds. The first-order valence-electron chi connectivity index (χ1n) is 10.5. The lowest BCUT2D eigenvalue weighted by Crippen LogP contribution is -2.11. The van der Waals surface area contributed by atoms with E-state index in [9.17, 15) is 4.79 Å². The monoisotopic (exact) mass is 474 g/mol. The minimum absolute atomic E-state index is 0.121. The first-order chi connectivity index (χ1) is 15.9. The zero-order chi connectivity index (χ0) is 23.1. The predicted molar refractivity (Wildman–Crippen MR) is 133 cm³/mol. The fourth-order valence-corrected chi connectivity index (χ4v) is 5.62. The van der Waals surface area contributed by atoms with E-state index in [1.165, 1.54) is 17.3 Å². The van der Waals surface area contributed by atoms with Crippen LogP contribution < -0.4 is 5.56 Å². The molecule has 0 atom stereocenters. The van der Waals surface area contributed by atoms with Gasteiger partial charge in [-0.3, -0.25) is 4.79 Å². The molecule has 5 rings (SSSR count). The van der Waals surface area contributed by atoms with Crippen molar-refractivity contribution < 1.29 is 0 Å². The summed E-state index contributed by atoms with van der Waals surface area (Å²) in [6.45, 7) is 8.16. The summed E-state index contributed by atoms with van der Waals surface area (Å²) in [7, 11) is 0. The molecule has 0 radical (unpaired) electrons. The second-order valence-electron chi connectivity index (χ2n) is 8.04. The topological polar surface area (TPSA) is 89.3 Å². The third-order valence-corrected chi connectivity index (χ3v) is 7.43. The number of hydrogen-bond donors (Lipinski definition) is 1. The Balaban J connectivity index is 1.46. The summed E-state index contributed by atoms with van der Waals surface area (Å²) in [5.74, 6) is 1.05. The Morgan fingerprint density at radius 2 is 1.79 bits per heavy atom. The molecule has 9 heteroatoms. The van der Waals surface area contributed by atoms with E-state index in [2.05, 4.69) is 69.9 Å². The lowest BCUT2D eigenvalue weighted by Gasteiger charge is -2.08. The Bertz CT molecular complexity index is 1530. The highest BCUT2D eigenvalue weighted by Gasteiger charge is 2.18. The van der Waals surface area contributed by atoms with Crippen LogP contribution in [0.25, 0.3) is 27.0 Å². The fourth-order valence-electron chi connectivity index (χ4n) is 3.80. The summed E-state index contributed by atoms with van der Waals surface area (Å²) < 4.78 is 1.73. The highest BCUT2D eigenvalue weighted by atomic mass is 32.2. The molecular formula is C24H22N6OS2. The van der Waals surface area contributed by atoms with Gasteiger partial charge in [0.05, 0.1) is 16.8 Å². The number of H-pyrrole nitrogens is 1. The average Bonchev–Trinajstić information content (AvgIpc) is 3.38. The number of aryl methyl sites for hydroxylation is 4. The molecule has 0 bridgehead atoms. The smallest absolute Gasteiger partial charge is 0.260 e. The van der Waals surface area contributed by atoms with Crippen LogP contribution in [0.5, 0.6) is 0 Å². The van der Waals surface area contributed by atoms with E-state index in [-0.39, 0.29) is 5.56 Å². The van der Waals surface area contributed by atoms with Crippen molar-refractivity contribution >= 4 is 33.3 Å². The zero-order valence-corrected chi connectivity index (χ0v) is 20.3. The molecular weight excluding hydrogens is 452 g/mol. The average molecular weight is 475 g/mol. The van der Waals surface area contributed by atoms with Gasteiger partial charge in [0.2, 0.25) is 5.16 Å². The van der Waals surface area contributed by atoms with Crippen LogP contribution in [0.3, 0.4) is 0 Å². The van der Waals surface area contributed by atoms with Gasteiger partial charge in [0.25, 0.3) is 5.56 Å². The number of thioether (sulfide) groups is 1. The molecule has 7 nitrogen and oxygen atoms in total. The Hall–Kier alpha value is -3.30. The number of rotatable bonds is 5. The number of aromatic amines is 1. The quantitative estimate of drug-likeness (QED) is 0.354. The Morgan fingerprint density at radius 1 is 1.03 bits per heavy atom. The number of aromatic nitrogens is 6. The number of benzene rings is 2. The van der Waals surface area contributed by atoms with Crippen molar-refractivity contribution in [1.29, 1.82) is 0 Å². The standard InChI is InChI=1S/C24H22N6OS2/c1-13-6-9-17(10-7-13)20-16(4)33-23-21(20)22(31)25-19(26-23)12-32-24-27-28-29-30(24)18-11-14(2)5-8-15(18)3/h5-11H,12H2,1-4H3,(H,25,26,31). The van der Waals surface area contributed by atoms with E-state index in [4.69, 9.17) is 4.98 Å². The van der Waals surface area contributed by atoms with Crippen molar-refractivity contribution in [2.75, 3.05) is 0 Å². The third kappa shape index (κ3) is 4.09. The van der Waals surface area contributed by atoms with Gasteiger partial charge in [0.1, 0.15) is 10.7 Å². The van der Waals surface area contributed by atoms with Gasteiger partial charge >= 0.3 is 0 Å². The van der Waals surface area contributed by atoms with E-state index in [0.717, 1.165) is 37.6 Å². The number of nitrogens with one attached hydrogen (secondary N) is 1. The molecule has 3 aromatic heterocycles. The van der Waals surface area contributed by atoms with Crippen LogP contribution in [0.2, 0.25) is 0 Å². The van der Waals surface area contributed by atoms with Gasteiger partial charge in [-0.05, 0) is 60.9 Å². The first kappa shape index (κ1) is 21.5. The number of tetrazole rings is 1. The summed E-state index contributed by atoms with van der Waals surface area (Å²) in [5.41, 5.74) is 6.22. The van der Waals surface area contributed by atoms with Crippen molar-refractivity contribution in [1.82, 2.24) is 30.2 Å². The van der Waals surface area contributed by atoms with Gasteiger partial charge in [-0.15, -0.1) is 16.4 Å². The SMILES string of the molecule is Cc1ccc(-c2c(C)sc3nc(CSc4nnnn4-c4cc(C)ccc4C)[nH]c(=O)c23)cc1. The Kier molecular flexibility index (Phi) is 5.59. The lowest BCUT2D eigenvalue weighted by molar-refractivity contribution is 0.751. The van der Waals surface area contributed by atoms with Gasteiger partial charge in [0, 0.05) is 10.4 Å². The molecule has 0 saturated carbocycles. The molecule has 0 aliphatic rings. The number of nitrogens with zero attached hydrogens (tertiary/aromatic N) is 5. The summed E-state index contributed by atoms with van der Waals surface area (Å²) in [5, 5.41) is 13.5. The number of hydrogen-bond acceptors (Lipinski definition) is 7. The second-order valence-corrected chi connectivity index (χ2v) is 10.2. The molecule has 3 heterocycles. The van der Waals surface area contributed by atoms with Crippen molar-refractivity contribution in [3.05, 3.63) is 80.2 Å². The Morgan fingerprint density at radius 3 is 2.58 bits per heavy atom. The molecule has 2 aromatic carbocycles. The maximum Gasteiger partial charge on any atom is 0.260 e. The van der Waals surface area contributed by atoms with Crippen LogP contribution >= 0.6 is 23.1 Å². The van der Waals surface area contributed by atoms with Crippen molar-refractivity contribution in [3.63, 3.8) is 0 Å². The molecule has 5 aromatic rings. The van der Waals surface area contributed by atoms with Crippen LogP contribution in [-0.2, 0) is 5.75 Å². The molecule has 0 aliphatic heterocycles. The minimum Gasteiger partial charge on any atom is -0.309 e. The summed E-state index contributed by atoms with van der Waals surface area (Å²) in [6.07, 6.45) is 0. The molecule has 1 N–H and O–H groups in total. The molecule has 0 unspecified atom stereocenters. The minimum atomic E-state index is -0.121. The van der Waals surface area contributed by atoms with Crippen LogP contribution in [0.1, 0.15) is 27.4 Å². The van der Waals surface area contributed by atoms with E-state index < -0.39 is 0 Å². The van der Waals surface area contributed by atoms with E-state index in [1.807, 2.05) is 20.8 Å². The molecule has 33 heavy (non-hydrogen) atoms. The normalized spacial score (nSPS) is 11.4. The van der Waals surface area contributed by atoms with Gasteiger partial charge in [0.15, 0.2) is 0 Å². The van der Waals surface area contributed by atoms with Crippen molar-refractivity contribution in [2.45, 2.75) is 38.6 Å². The predicted octanol–water partition coefficient (Wildman–Crippen LogP) is 5.15. The maximum atomic E-state index is 13.1. The van der Waals surface area contributed by atoms with Gasteiger partial charge in [-0.2, -0.15) is 4.68 Å². The highest BCUT2D eigenvalue weighted by Crippen LogP contribution is 2.36. The van der Waals surface area contributed by atoms with Crippen molar-refractivity contribution in [3.8, 4) is 16.8 Å². The summed E-state index contributed by atoms with van der Waals surface area (Å²) >= 11 is 2.99. The first-order valence-corrected chi connectivity index (χ1v) is 12.3. The van der Waals surface area contributed by atoms with Crippen LogP contribution in [0, 0.1) is 27.7 Å². The summed E-state index contributed by atoms with van der Waals surface area (Å²) in [4.78, 5) is 22.6. The molecule has 0 fully saturated rings. The molecule has 0 spiro atoms. The fraction of sp³-hybridized carbons (Fsp3) is 0.208. The molecule has 0 aliphatic carbocycles. The zero-order valence-electron chi connectivity index (χ0n) is 18.7. The van der Waals surface area contributed by atoms with E-state index in [0.29, 0.717) is 22.1 Å². The van der Waals surface area contributed by atoms with Crippen LogP contribution in [0.15, 0.2) is 52.4 Å². The van der Waals surface area contributed by atoms with Gasteiger partial charge in [-0.25, -0.2) is 4.98 Å². The van der Waals surface area contributed by atoms with Gasteiger partial charge < -0.3 is 4.98 Å². The van der Waals surface area contributed by atoms with Crippen LogP contribution in [0.4, 0.5) is 0 Å². The highest BCUT2D eigenvalue weighted by molar-refractivity contribution is 7.98. The van der Waals surface area contributed by atoms with E-state index >= 15 is 0 Å².